The van der Waals surface area contributed by atoms with Crippen molar-refractivity contribution in [1.29, 1.82) is 5.26 Å². The van der Waals surface area contributed by atoms with Crippen molar-refractivity contribution in [3.05, 3.63) is 41.0 Å². The molecule has 0 saturated carbocycles. The van der Waals surface area contributed by atoms with Gasteiger partial charge in [-0.1, -0.05) is 0 Å². The molecule has 1 rings (SSSR count). The maximum Gasteiger partial charge on any atom is 0.264 e. The summed E-state index contributed by atoms with van der Waals surface area (Å²) in [6.07, 6.45) is 1.09. The van der Waals surface area contributed by atoms with Crippen LogP contribution >= 0.6 is 0 Å². The van der Waals surface area contributed by atoms with Gasteiger partial charge in [0, 0.05) is 25.7 Å². The molecule has 17 heavy (non-hydrogen) atoms. The van der Waals surface area contributed by atoms with Crippen LogP contribution < -0.4 is 0 Å². The van der Waals surface area contributed by atoms with Gasteiger partial charge in [0.1, 0.15) is 23.3 Å². The zero-order chi connectivity index (χ0) is 13.0. The first-order valence-electron chi connectivity index (χ1n) is 4.74. The monoisotopic (exact) mass is 236 g/mol. The first-order chi connectivity index (χ1) is 7.95. The van der Waals surface area contributed by atoms with E-state index in [0.717, 1.165) is 12.1 Å². The number of benzene rings is 1. The van der Waals surface area contributed by atoms with Gasteiger partial charge in [-0.3, -0.25) is 4.79 Å². The van der Waals surface area contributed by atoms with Crippen LogP contribution in [0.25, 0.3) is 6.08 Å². The molecule has 0 aliphatic rings. The van der Waals surface area contributed by atoms with E-state index < -0.39 is 17.5 Å². The number of rotatable bonds is 2. The van der Waals surface area contributed by atoms with E-state index in [1.807, 2.05) is 0 Å². The molecule has 3 nitrogen and oxygen atoms in total. The smallest absolute Gasteiger partial charge is 0.264 e. The van der Waals surface area contributed by atoms with Crippen molar-refractivity contribution in [2.75, 3.05) is 14.1 Å². The number of nitriles is 1. The van der Waals surface area contributed by atoms with E-state index in [2.05, 4.69) is 0 Å². The number of likely N-dealkylation sites (N-methyl/N-ethyl adjacent to an activating group) is 1. The highest BCUT2D eigenvalue weighted by atomic mass is 19.1. The van der Waals surface area contributed by atoms with Gasteiger partial charge in [-0.05, 0) is 18.2 Å². The van der Waals surface area contributed by atoms with Crippen LogP contribution in [0.5, 0.6) is 0 Å². The Labute approximate surface area is 97.6 Å². The third-order valence-corrected chi connectivity index (χ3v) is 2.02. The first-order valence-corrected chi connectivity index (χ1v) is 4.74. The van der Waals surface area contributed by atoms with Crippen molar-refractivity contribution in [3.63, 3.8) is 0 Å². The number of carbonyl (C=O) groups excluding carboxylic acids is 1. The molecule has 0 aliphatic heterocycles. The van der Waals surface area contributed by atoms with E-state index in [4.69, 9.17) is 5.26 Å². The number of carbonyl (C=O) groups is 1. The van der Waals surface area contributed by atoms with Gasteiger partial charge in [0.15, 0.2) is 0 Å². The van der Waals surface area contributed by atoms with E-state index in [9.17, 15) is 13.6 Å². The first kappa shape index (κ1) is 12.8. The largest absolute Gasteiger partial charge is 0.344 e. The molecule has 0 fully saturated rings. The minimum Gasteiger partial charge on any atom is -0.344 e. The van der Waals surface area contributed by atoms with E-state index in [0.29, 0.717) is 6.07 Å². The number of hydrogen-bond donors (Lipinski definition) is 0. The van der Waals surface area contributed by atoms with Crippen LogP contribution in [-0.4, -0.2) is 24.9 Å². The van der Waals surface area contributed by atoms with Crippen LogP contribution in [0.2, 0.25) is 0 Å². The molecule has 0 saturated heterocycles. The predicted octanol–water partition coefficient (Wildman–Crippen LogP) is 1.96. The quantitative estimate of drug-likeness (QED) is 0.582. The molecule has 0 unspecified atom stereocenters. The summed E-state index contributed by atoms with van der Waals surface area (Å²) in [5.74, 6) is -2.06. The highest BCUT2D eigenvalue weighted by Crippen LogP contribution is 2.14. The molecule has 1 aromatic rings. The summed E-state index contributed by atoms with van der Waals surface area (Å²) in [6, 6.07) is 4.61. The molecule has 0 radical (unpaired) electrons. The molecule has 0 aliphatic carbocycles. The van der Waals surface area contributed by atoms with Gasteiger partial charge < -0.3 is 4.90 Å². The third-order valence-electron chi connectivity index (χ3n) is 2.02. The summed E-state index contributed by atoms with van der Waals surface area (Å²) in [4.78, 5) is 12.7. The maximum absolute atomic E-state index is 13.3. The van der Waals surface area contributed by atoms with Crippen molar-refractivity contribution in [2.24, 2.45) is 0 Å². The van der Waals surface area contributed by atoms with Crippen molar-refractivity contribution in [1.82, 2.24) is 4.90 Å². The Hall–Kier alpha value is -2.22. The number of nitrogens with zero attached hydrogens (tertiary/aromatic N) is 2. The van der Waals surface area contributed by atoms with Gasteiger partial charge in [0.25, 0.3) is 5.91 Å². The van der Waals surface area contributed by atoms with Crippen LogP contribution in [-0.2, 0) is 4.79 Å². The Kier molecular flexibility index (Phi) is 3.94. The van der Waals surface area contributed by atoms with Gasteiger partial charge in [-0.25, -0.2) is 8.78 Å². The molecule has 0 bridgehead atoms. The fraction of sp³-hybridized carbons (Fsp3) is 0.167. The second-order valence-electron chi connectivity index (χ2n) is 3.54. The van der Waals surface area contributed by atoms with Gasteiger partial charge in [0.05, 0.1) is 0 Å². The number of amides is 1. The van der Waals surface area contributed by atoms with Crippen molar-refractivity contribution in [2.45, 2.75) is 0 Å². The lowest BCUT2D eigenvalue weighted by atomic mass is 10.1. The molecule has 5 heteroatoms. The van der Waals surface area contributed by atoms with Crippen LogP contribution in [0.1, 0.15) is 5.56 Å². The lowest BCUT2D eigenvalue weighted by Gasteiger charge is -2.08. The lowest BCUT2D eigenvalue weighted by Crippen LogP contribution is -2.22. The van der Waals surface area contributed by atoms with Crippen LogP contribution in [0, 0.1) is 23.0 Å². The summed E-state index contributed by atoms with van der Waals surface area (Å²) < 4.78 is 25.9. The van der Waals surface area contributed by atoms with Crippen molar-refractivity contribution in [3.8, 4) is 6.07 Å². The fourth-order valence-electron chi connectivity index (χ4n) is 1.16. The Balaban J connectivity index is 3.17. The summed E-state index contributed by atoms with van der Waals surface area (Å²) in [6.45, 7) is 0. The minimum atomic E-state index is -0.815. The van der Waals surface area contributed by atoms with E-state index in [1.165, 1.54) is 25.1 Å². The zero-order valence-corrected chi connectivity index (χ0v) is 9.37. The van der Waals surface area contributed by atoms with E-state index in [1.54, 1.807) is 6.07 Å². The number of halogens is 2. The second-order valence-corrected chi connectivity index (χ2v) is 3.54. The zero-order valence-electron chi connectivity index (χ0n) is 9.37. The highest BCUT2D eigenvalue weighted by molar-refractivity contribution is 6.01. The van der Waals surface area contributed by atoms with Crippen LogP contribution in [0.15, 0.2) is 23.8 Å². The Morgan fingerprint density at radius 2 is 2.06 bits per heavy atom. The second kappa shape index (κ2) is 5.21. The molecular weight excluding hydrogens is 226 g/mol. The summed E-state index contributed by atoms with van der Waals surface area (Å²) in [5, 5.41) is 8.79. The highest BCUT2D eigenvalue weighted by Gasteiger charge is 2.12. The normalized spacial score (nSPS) is 10.9. The lowest BCUT2D eigenvalue weighted by molar-refractivity contribution is -0.124. The molecule has 0 heterocycles. The molecule has 0 spiro atoms. The van der Waals surface area contributed by atoms with Crippen LogP contribution in [0.3, 0.4) is 0 Å². The average molecular weight is 236 g/mol. The average Bonchev–Trinajstić information content (AvgIpc) is 2.27. The van der Waals surface area contributed by atoms with Crippen molar-refractivity contribution < 1.29 is 13.6 Å². The van der Waals surface area contributed by atoms with Gasteiger partial charge in [-0.15, -0.1) is 0 Å². The maximum atomic E-state index is 13.3. The molecular formula is C12H10F2N2O. The standard InChI is InChI=1S/C12H10F2N2O/c1-16(2)12(17)9(7-15)5-8-3-4-10(13)6-11(8)14/h3-6H,1-2H3/b9-5+. The molecule has 0 atom stereocenters. The Bertz CT molecular complexity index is 516. The predicted molar refractivity (Wildman–Crippen MR) is 58.6 cm³/mol. The molecule has 0 aromatic heterocycles. The molecule has 0 N–H and O–H groups in total. The Morgan fingerprint density at radius 3 is 2.53 bits per heavy atom. The number of hydrogen-bond acceptors (Lipinski definition) is 2. The van der Waals surface area contributed by atoms with Crippen molar-refractivity contribution >= 4 is 12.0 Å². The fourth-order valence-corrected chi connectivity index (χ4v) is 1.16. The topological polar surface area (TPSA) is 44.1 Å². The van der Waals surface area contributed by atoms with Gasteiger partial charge in [0.2, 0.25) is 0 Å². The summed E-state index contributed by atoms with van der Waals surface area (Å²) in [5.41, 5.74) is -0.210. The SMILES string of the molecule is CN(C)C(=O)/C(C#N)=C/c1ccc(F)cc1F. The van der Waals surface area contributed by atoms with E-state index in [-0.39, 0.29) is 11.1 Å². The molecule has 88 valence electrons. The van der Waals surface area contributed by atoms with E-state index >= 15 is 0 Å². The van der Waals surface area contributed by atoms with Gasteiger partial charge in [-0.2, -0.15) is 5.26 Å². The van der Waals surface area contributed by atoms with Gasteiger partial charge >= 0.3 is 0 Å². The third kappa shape index (κ3) is 3.11. The minimum absolute atomic E-state index is 0.00171. The Morgan fingerprint density at radius 1 is 1.41 bits per heavy atom. The summed E-state index contributed by atoms with van der Waals surface area (Å²) in [7, 11) is 2.96. The molecule has 1 aromatic carbocycles. The van der Waals surface area contributed by atoms with Crippen LogP contribution in [0.4, 0.5) is 8.78 Å². The summed E-state index contributed by atoms with van der Waals surface area (Å²) >= 11 is 0. The molecule has 1 amide bonds.